The highest BCUT2D eigenvalue weighted by Crippen LogP contribution is 2.32. The predicted octanol–water partition coefficient (Wildman–Crippen LogP) is 9.03. The van der Waals surface area contributed by atoms with E-state index in [4.69, 9.17) is 5.73 Å². The Morgan fingerprint density at radius 2 is 1.06 bits per heavy atom. The molecule has 7 N–H and O–H groups in total. The summed E-state index contributed by atoms with van der Waals surface area (Å²) < 4.78 is 54.7. The van der Waals surface area contributed by atoms with Gasteiger partial charge in [-0.3, -0.25) is 0 Å². The topological polar surface area (TPSA) is 154 Å². The van der Waals surface area contributed by atoms with Gasteiger partial charge in [0.1, 0.15) is 23.3 Å². The van der Waals surface area contributed by atoms with Gasteiger partial charge in [-0.1, -0.05) is 50.2 Å². The van der Waals surface area contributed by atoms with Crippen LogP contribution in [0.3, 0.4) is 0 Å². The van der Waals surface area contributed by atoms with Gasteiger partial charge in [0, 0.05) is 68.1 Å². The van der Waals surface area contributed by atoms with Gasteiger partial charge < -0.3 is 31.9 Å². The number of rotatable bonds is 16. The monoisotopic (exact) mass is 984 g/mol. The molecule has 356 valence electrons. The highest BCUT2D eigenvalue weighted by molar-refractivity contribution is 9.10. The standard InChI is InChI=1S/C26H30F2N4O.C22H28F2N2O.C4H3BrN2/c1-2-17-7-8-19-5-3-6-23(22(19)13-17)31-16-25(33)24(32-26-29-9-4-10-30-26)14-18-11-20(27)15-21(28)12-18;1-2-14-6-7-16-4-3-5-21(19(16)10-14)26-13-22(27)20(25)11-15-8-17(23)12-18(24)9-15;5-4-6-2-1-3-7-4/h4,7-13,15,23-25,31,33H,2-3,5-6,14,16H2,1H3,(H,29,30,32);6-10,12,20-22,26-27H,2-5,11,13,25H2,1H3;1-3H/t23-,24-,25+;20-,21-,22+;/m00./s1. The van der Waals surface area contributed by atoms with Crippen LogP contribution in [0.5, 0.6) is 0 Å². The lowest BCUT2D eigenvalue weighted by molar-refractivity contribution is 0.136. The molecule has 67 heavy (non-hydrogen) atoms. The van der Waals surface area contributed by atoms with Crippen LogP contribution in [0, 0.1) is 23.3 Å². The zero-order valence-electron chi connectivity index (χ0n) is 38.0. The van der Waals surface area contributed by atoms with E-state index in [1.165, 1.54) is 57.6 Å². The summed E-state index contributed by atoms with van der Waals surface area (Å²) >= 11 is 3.09. The maximum absolute atomic E-state index is 13.7. The molecule has 0 amide bonds. The van der Waals surface area contributed by atoms with Gasteiger partial charge in [-0.2, -0.15) is 0 Å². The molecule has 8 rings (SSSR count). The van der Waals surface area contributed by atoms with Crippen LogP contribution in [0.4, 0.5) is 23.5 Å². The first kappa shape index (κ1) is 51.2. The summed E-state index contributed by atoms with van der Waals surface area (Å²) in [5.74, 6) is -2.18. The maximum Gasteiger partial charge on any atom is 0.222 e. The van der Waals surface area contributed by atoms with Gasteiger partial charge in [0.05, 0.1) is 18.2 Å². The molecule has 6 atom stereocenters. The van der Waals surface area contributed by atoms with Gasteiger partial charge in [0.2, 0.25) is 5.95 Å². The number of benzene rings is 4. The Labute approximate surface area is 399 Å². The normalized spacial score (nSPS) is 17.0. The number of hydrogen-bond donors (Lipinski definition) is 6. The Kier molecular flexibility index (Phi) is 19.8. The average Bonchev–Trinajstić information content (AvgIpc) is 3.32. The van der Waals surface area contributed by atoms with Crippen LogP contribution in [-0.4, -0.2) is 67.5 Å². The molecule has 2 aliphatic carbocycles. The van der Waals surface area contributed by atoms with Crippen molar-refractivity contribution in [3.8, 4) is 0 Å². The van der Waals surface area contributed by atoms with Gasteiger partial charge in [-0.15, -0.1) is 0 Å². The summed E-state index contributed by atoms with van der Waals surface area (Å²) in [7, 11) is 0. The zero-order valence-corrected chi connectivity index (χ0v) is 39.6. The second-order valence-electron chi connectivity index (χ2n) is 17.1. The van der Waals surface area contributed by atoms with E-state index in [9.17, 15) is 27.8 Å². The SMILES string of the molecule is Brc1ncccn1.CCc1ccc2c(c1)[C@@H](NC[C@@H](O)[C@@H](N)Cc1cc(F)cc(F)c1)CCC2.CCc1ccc2c(c1)[C@@H](NC[C@@H](O)[C@H](Cc1cc(F)cc(F)c1)Nc1ncccn1)CCC2. The van der Waals surface area contributed by atoms with Crippen molar-refractivity contribution in [1.29, 1.82) is 0 Å². The Morgan fingerprint density at radius 1 is 0.612 bits per heavy atom. The number of anilines is 1. The third kappa shape index (κ3) is 16.0. The Balaban J connectivity index is 0.000000195. The molecule has 0 bridgehead atoms. The van der Waals surface area contributed by atoms with E-state index in [1.54, 1.807) is 36.9 Å². The van der Waals surface area contributed by atoms with Gasteiger partial charge in [-0.05, 0) is 161 Å². The molecule has 4 aromatic carbocycles. The van der Waals surface area contributed by atoms with E-state index in [0.717, 1.165) is 63.5 Å². The van der Waals surface area contributed by atoms with Gasteiger partial charge in [-0.25, -0.2) is 37.5 Å². The first-order valence-electron chi connectivity index (χ1n) is 23.0. The number of aliphatic hydroxyl groups excluding tert-OH is 2. The number of nitrogens with one attached hydrogen (secondary N) is 3. The number of aliphatic hydroxyl groups is 2. The van der Waals surface area contributed by atoms with Crippen LogP contribution in [0.1, 0.15) is 96.1 Å². The summed E-state index contributed by atoms with van der Waals surface area (Å²) in [6.45, 7) is 4.96. The second kappa shape index (κ2) is 25.8. The van der Waals surface area contributed by atoms with Crippen molar-refractivity contribution in [2.75, 3.05) is 18.4 Å². The molecule has 10 nitrogen and oxygen atoms in total. The fraction of sp³-hybridized carbons (Fsp3) is 0.385. The first-order chi connectivity index (χ1) is 32.4. The van der Waals surface area contributed by atoms with E-state index in [-0.39, 0.29) is 24.9 Å². The third-order valence-corrected chi connectivity index (χ3v) is 12.6. The molecule has 0 unspecified atom stereocenters. The van der Waals surface area contributed by atoms with Crippen molar-refractivity contribution in [3.05, 3.63) is 182 Å². The summed E-state index contributed by atoms with van der Waals surface area (Å²) in [5.41, 5.74) is 14.9. The fourth-order valence-electron chi connectivity index (χ4n) is 8.60. The molecule has 0 aliphatic heterocycles. The van der Waals surface area contributed by atoms with Crippen LogP contribution in [0.2, 0.25) is 0 Å². The quantitative estimate of drug-likeness (QED) is 0.0409. The molecular weight excluding hydrogens is 925 g/mol. The fourth-order valence-corrected chi connectivity index (χ4v) is 8.84. The summed E-state index contributed by atoms with van der Waals surface area (Å²) in [5, 5.41) is 31.6. The third-order valence-electron chi connectivity index (χ3n) is 12.2. The van der Waals surface area contributed by atoms with E-state index in [0.29, 0.717) is 34.9 Å². The van der Waals surface area contributed by atoms with E-state index in [2.05, 4.69) is 102 Å². The van der Waals surface area contributed by atoms with Crippen LogP contribution in [0.15, 0.2) is 114 Å². The van der Waals surface area contributed by atoms with Crippen LogP contribution in [-0.2, 0) is 38.5 Å². The molecule has 2 aliphatic rings. The van der Waals surface area contributed by atoms with Crippen molar-refractivity contribution >= 4 is 21.9 Å². The summed E-state index contributed by atoms with van der Waals surface area (Å²) in [6.07, 6.45) is 13.7. The molecule has 2 aromatic heterocycles. The summed E-state index contributed by atoms with van der Waals surface area (Å²) in [6, 6.07) is 22.8. The molecule has 0 radical (unpaired) electrons. The minimum absolute atomic E-state index is 0.162. The molecule has 0 fully saturated rings. The van der Waals surface area contributed by atoms with E-state index in [1.807, 2.05) is 0 Å². The molecular formula is C52H61BrF4N8O2. The number of halogens is 5. The smallest absolute Gasteiger partial charge is 0.222 e. The first-order valence-corrected chi connectivity index (χ1v) is 23.8. The average molecular weight is 986 g/mol. The number of aryl methyl sites for hydroxylation is 4. The van der Waals surface area contributed by atoms with Crippen molar-refractivity contribution in [2.45, 2.75) is 114 Å². The molecule has 2 heterocycles. The molecule has 0 saturated carbocycles. The zero-order chi connectivity index (χ0) is 47.7. The minimum Gasteiger partial charge on any atom is -0.390 e. The Morgan fingerprint density at radius 3 is 1.51 bits per heavy atom. The summed E-state index contributed by atoms with van der Waals surface area (Å²) in [4.78, 5) is 15.9. The van der Waals surface area contributed by atoms with Crippen molar-refractivity contribution in [1.82, 2.24) is 30.6 Å². The second-order valence-corrected chi connectivity index (χ2v) is 17.8. The van der Waals surface area contributed by atoms with Gasteiger partial charge >= 0.3 is 0 Å². The van der Waals surface area contributed by atoms with Gasteiger partial charge in [0.25, 0.3) is 0 Å². The minimum atomic E-state index is -0.833. The Hall–Kier alpha value is -5.16. The number of nitrogens with two attached hydrogens (primary N) is 1. The van der Waals surface area contributed by atoms with Crippen LogP contribution in [0.25, 0.3) is 0 Å². The lowest BCUT2D eigenvalue weighted by atomic mass is 9.86. The number of aromatic nitrogens is 4. The molecule has 0 spiro atoms. The van der Waals surface area contributed by atoms with Crippen molar-refractivity contribution < 1.29 is 27.8 Å². The number of hydrogen-bond acceptors (Lipinski definition) is 10. The number of nitrogens with zero attached hydrogens (tertiary/aromatic N) is 4. The molecule has 15 heteroatoms. The van der Waals surface area contributed by atoms with Crippen molar-refractivity contribution in [2.24, 2.45) is 5.73 Å². The molecule has 0 saturated heterocycles. The lowest BCUT2D eigenvalue weighted by Gasteiger charge is -2.30. The van der Waals surface area contributed by atoms with Crippen LogP contribution < -0.4 is 21.7 Å². The van der Waals surface area contributed by atoms with Crippen molar-refractivity contribution in [3.63, 3.8) is 0 Å². The van der Waals surface area contributed by atoms with E-state index >= 15 is 0 Å². The lowest BCUT2D eigenvalue weighted by Crippen LogP contribution is -2.44. The van der Waals surface area contributed by atoms with Crippen LogP contribution >= 0.6 is 15.9 Å². The highest BCUT2D eigenvalue weighted by Gasteiger charge is 2.26. The molecule has 6 aromatic rings. The predicted molar refractivity (Wildman–Crippen MR) is 258 cm³/mol. The number of fused-ring (bicyclic) bond motifs is 2. The highest BCUT2D eigenvalue weighted by atomic mass is 79.9. The Bertz CT molecular complexity index is 2420. The van der Waals surface area contributed by atoms with E-state index < -0.39 is 47.6 Å². The largest absolute Gasteiger partial charge is 0.390 e. The maximum atomic E-state index is 13.7. The van der Waals surface area contributed by atoms with Gasteiger partial charge in [0.15, 0.2) is 4.73 Å².